The minimum absolute atomic E-state index is 0.854. The predicted molar refractivity (Wildman–Crippen MR) is 217 cm³/mol. The van der Waals surface area contributed by atoms with Crippen LogP contribution in [0.5, 0.6) is 0 Å². The summed E-state index contributed by atoms with van der Waals surface area (Å²) in [5.41, 5.74) is 12.4. The number of nitrogens with zero attached hydrogens (tertiary/aromatic N) is 2. The zero-order valence-electron chi connectivity index (χ0n) is 28.9. The third-order valence-corrected chi connectivity index (χ3v) is 10.2. The van der Waals surface area contributed by atoms with E-state index >= 15 is 0 Å². The van der Waals surface area contributed by atoms with E-state index in [1.54, 1.807) is 0 Å². The van der Waals surface area contributed by atoms with Crippen molar-refractivity contribution >= 4 is 88.8 Å². The number of hydrogen-bond donors (Lipinski definition) is 0. The molecule has 2 heterocycles. The number of aryl methyl sites for hydroxylation is 2. The second-order valence-electron chi connectivity index (χ2n) is 13.6. The fourth-order valence-corrected chi connectivity index (χ4v) is 7.65. The molecule has 0 fully saturated rings. The summed E-state index contributed by atoms with van der Waals surface area (Å²) >= 11 is 0. The number of para-hydroxylation sites is 2. The van der Waals surface area contributed by atoms with Crippen LogP contribution in [0.1, 0.15) is 11.1 Å². The van der Waals surface area contributed by atoms with Gasteiger partial charge < -0.3 is 18.6 Å². The van der Waals surface area contributed by atoms with Crippen molar-refractivity contribution in [1.82, 2.24) is 0 Å². The van der Waals surface area contributed by atoms with Crippen LogP contribution in [0.3, 0.4) is 0 Å². The third kappa shape index (κ3) is 4.91. The lowest BCUT2D eigenvalue weighted by Crippen LogP contribution is -2.09. The maximum absolute atomic E-state index is 6.60. The fourth-order valence-electron chi connectivity index (χ4n) is 7.65. The van der Waals surface area contributed by atoms with Crippen molar-refractivity contribution in [2.45, 2.75) is 13.8 Å². The van der Waals surface area contributed by atoms with Gasteiger partial charge in [0.15, 0.2) is 0 Å². The number of fused-ring (bicyclic) bond motifs is 9. The topological polar surface area (TPSA) is 32.8 Å². The molecular formula is C48H34N2O2. The Morgan fingerprint density at radius 3 is 1.06 bits per heavy atom. The van der Waals surface area contributed by atoms with Crippen molar-refractivity contribution in [1.29, 1.82) is 0 Å². The number of furan rings is 2. The number of anilines is 6. The molecule has 2 aromatic heterocycles. The lowest BCUT2D eigenvalue weighted by atomic mass is 9.99. The Hall–Kier alpha value is -6.78. The number of hydrogen-bond acceptors (Lipinski definition) is 4. The van der Waals surface area contributed by atoms with Gasteiger partial charge in [-0.15, -0.1) is 0 Å². The second-order valence-corrected chi connectivity index (χ2v) is 13.6. The lowest BCUT2D eigenvalue weighted by Gasteiger charge is -2.25. The molecule has 0 aliphatic heterocycles. The molecule has 0 aliphatic rings. The Morgan fingerprint density at radius 2 is 0.654 bits per heavy atom. The summed E-state index contributed by atoms with van der Waals surface area (Å²) in [5, 5.41) is 6.70. The van der Waals surface area contributed by atoms with E-state index in [1.165, 1.54) is 11.1 Å². The molecule has 0 amide bonds. The minimum atomic E-state index is 0.854. The molecule has 0 aliphatic carbocycles. The van der Waals surface area contributed by atoms with Crippen LogP contribution in [0.15, 0.2) is 179 Å². The summed E-state index contributed by atoms with van der Waals surface area (Å²) in [7, 11) is 0. The zero-order chi connectivity index (χ0) is 34.8. The van der Waals surface area contributed by atoms with Crippen LogP contribution in [0.25, 0.3) is 54.6 Å². The van der Waals surface area contributed by atoms with Gasteiger partial charge in [-0.3, -0.25) is 0 Å². The van der Waals surface area contributed by atoms with E-state index in [0.717, 1.165) is 88.8 Å². The molecule has 52 heavy (non-hydrogen) atoms. The first-order valence-corrected chi connectivity index (χ1v) is 17.7. The SMILES string of the molecule is Cc1ccc(N(c2ccccc2)c2ccc3c(c2)oc2ccc4c(ccc5oc6cc(N(c7ccccc7)c7ccc(C)cc7)ccc6c54)c23)cc1. The van der Waals surface area contributed by atoms with Gasteiger partial charge in [0.1, 0.15) is 22.3 Å². The average molecular weight is 671 g/mol. The van der Waals surface area contributed by atoms with Crippen molar-refractivity contribution in [3.05, 3.63) is 181 Å². The largest absolute Gasteiger partial charge is 0.456 e. The standard InChI is InChI=1S/C48H34N2O2/c1-31-13-17-35(18-14-31)49(33-9-5-3-6-10-33)37-21-23-41-45(29-37)51-43-27-25-40-39(47(41)43)26-28-44-48(40)42-24-22-38(30-46(42)52-44)50(34-11-7-4-8-12-34)36-19-15-32(2)16-20-36/h3-30H,1-2H3. The van der Waals surface area contributed by atoms with E-state index in [2.05, 4.69) is 181 Å². The summed E-state index contributed by atoms with van der Waals surface area (Å²) in [4.78, 5) is 4.55. The molecule has 0 saturated heterocycles. The Balaban J connectivity index is 1.11. The highest BCUT2D eigenvalue weighted by atomic mass is 16.3. The van der Waals surface area contributed by atoms with Gasteiger partial charge in [-0.25, -0.2) is 0 Å². The summed E-state index contributed by atoms with van der Waals surface area (Å²) < 4.78 is 13.2. The Kier molecular flexibility index (Phi) is 6.90. The molecule has 0 radical (unpaired) electrons. The minimum Gasteiger partial charge on any atom is -0.456 e. The van der Waals surface area contributed by atoms with Gasteiger partial charge in [0.05, 0.1) is 0 Å². The normalized spacial score (nSPS) is 11.7. The predicted octanol–water partition coefficient (Wildman–Crippen LogP) is 14.2. The quantitative estimate of drug-likeness (QED) is 0.176. The van der Waals surface area contributed by atoms with E-state index in [4.69, 9.17) is 8.83 Å². The highest BCUT2D eigenvalue weighted by Crippen LogP contribution is 2.44. The monoisotopic (exact) mass is 670 g/mol. The molecule has 0 spiro atoms. The Bertz CT molecular complexity index is 2700. The van der Waals surface area contributed by atoms with Gasteiger partial charge in [-0.2, -0.15) is 0 Å². The number of rotatable bonds is 6. The van der Waals surface area contributed by atoms with Gasteiger partial charge >= 0.3 is 0 Å². The molecule has 248 valence electrons. The Morgan fingerprint density at radius 1 is 0.308 bits per heavy atom. The van der Waals surface area contributed by atoms with Crippen molar-refractivity contribution < 1.29 is 8.83 Å². The molecule has 0 atom stereocenters. The smallest absolute Gasteiger partial charge is 0.137 e. The first-order valence-electron chi connectivity index (χ1n) is 17.7. The maximum Gasteiger partial charge on any atom is 0.137 e. The molecule has 0 N–H and O–H groups in total. The third-order valence-electron chi connectivity index (χ3n) is 10.2. The lowest BCUT2D eigenvalue weighted by molar-refractivity contribution is 0.668. The van der Waals surface area contributed by atoms with Crippen LogP contribution in [0.4, 0.5) is 34.1 Å². The second kappa shape index (κ2) is 11.9. The van der Waals surface area contributed by atoms with Crippen molar-refractivity contribution in [3.63, 3.8) is 0 Å². The highest BCUT2D eigenvalue weighted by molar-refractivity contribution is 6.27. The van der Waals surface area contributed by atoms with Gasteiger partial charge in [0, 0.05) is 67.8 Å². The molecule has 0 saturated carbocycles. The molecule has 0 bridgehead atoms. The van der Waals surface area contributed by atoms with E-state index in [1.807, 2.05) is 12.1 Å². The molecule has 10 rings (SSSR count). The molecular weight excluding hydrogens is 637 g/mol. The molecule has 10 aromatic rings. The summed E-state index contributed by atoms with van der Waals surface area (Å²) in [6.45, 7) is 4.23. The van der Waals surface area contributed by atoms with Crippen molar-refractivity contribution in [2.75, 3.05) is 9.80 Å². The van der Waals surface area contributed by atoms with Gasteiger partial charge in [-0.05, 0) is 122 Å². The van der Waals surface area contributed by atoms with Crippen LogP contribution in [-0.2, 0) is 0 Å². The first-order chi connectivity index (χ1) is 25.6. The van der Waals surface area contributed by atoms with E-state index in [9.17, 15) is 0 Å². The van der Waals surface area contributed by atoms with E-state index in [-0.39, 0.29) is 0 Å². The summed E-state index contributed by atoms with van der Waals surface area (Å²) in [6.07, 6.45) is 0. The number of benzene rings is 8. The van der Waals surface area contributed by atoms with Crippen LogP contribution >= 0.6 is 0 Å². The van der Waals surface area contributed by atoms with Crippen LogP contribution in [-0.4, -0.2) is 0 Å². The Labute approximate surface area is 301 Å². The van der Waals surface area contributed by atoms with Crippen LogP contribution in [0.2, 0.25) is 0 Å². The molecule has 4 nitrogen and oxygen atoms in total. The average Bonchev–Trinajstić information content (AvgIpc) is 3.75. The fraction of sp³-hybridized carbons (Fsp3) is 0.0417. The first kappa shape index (κ1) is 30.1. The zero-order valence-corrected chi connectivity index (χ0v) is 28.9. The molecule has 8 aromatic carbocycles. The van der Waals surface area contributed by atoms with Gasteiger partial charge in [-0.1, -0.05) is 71.8 Å². The summed E-state index contributed by atoms with van der Waals surface area (Å²) in [6, 6.07) is 59.9. The maximum atomic E-state index is 6.60. The van der Waals surface area contributed by atoms with E-state index in [0.29, 0.717) is 0 Å². The van der Waals surface area contributed by atoms with Crippen molar-refractivity contribution in [3.8, 4) is 0 Å². The summed E-state index contributed by atoms with van der Waals surface area (Å²) in [5.74, 6) is 0. The van der Waals surface area contributed by atoms with Gasteiger partial charge in [0.2, 0.25) is 0 Å². The van der Waals surface area contributed by atoms with Crippen molar-refractivity contribution in [2.24, 2.45) is 0 Å². The highest BCUT2D eigenvalue weighted by Gasteiger charge is 2.20. The van der Waals surface area contributed by atoms with Gasteiger partial charge in [0.25, 0.3) is 0 Å². The van der Waals surface area contributed by atoms with Crippen LogP contribution in [0, 0.1) is 13.8 Å². The molecule has 4 heteroatoms. The van der Waals surface area contributed by atoms with Crippen LogP contribution < -0.4 is 9.80 Å². The van der Waals surface area contributed by atoms with E-state index < -0.39 is 0 Å². The molecule has 0 unspecified atom stereocenters.